The number of rotatable bonds is 2. The lowest BCUT2D eigenvalue weighted by atomic mass is 9.89. The summed E-state index contributed by atoms with van der Waals surface area (Å²) in [4.78, 5) is 1.98. The Morgan fingerprint density at radius 2 is 1.92 bits per heavy atom. The summed E-state index contributed by atoms with van der Waals surface area (Å²) in [6, 6.07) is 11.3. The number of anilines is 1. The van der Waals surface area contributed by atoms with Gasteiger partial charge in [-0.1, -0.05) is 29.8 Å². The van der Waals surface area contributed by atoms with Gasteiger partial charge in [-0.25, -0.2) is 12.8 Å². The maximum absolute atomic E-state index is 14.3. The van der Waals surface area contributed by atoms with E-state index < -0.39 is 15.8 Å². The number of sulfonamides is 1. The molecule has 0 aliphatic carbocycles. The molecule has 0 bridgehead atoms. The lowest BCUT2D eigenvalue weighted by Gasteiger charge is -2.36. The number of fused-ring (bicyclic) bond motifs is 3. The largest absolute Gasteiger partial charge is 0.306 e. The molecule has 2 aliphatic rings. The molecule has 2 aromatic carbocycles. The molecule has 0 radical (unpaired) electrons. The van der Waals surface area contributed by atoms with Crippen molar-refractivity contribution in [3.05, 3.63) is 59.4 Å². The quantitative estimate of drug-likeness (QED) is 0.826. The minimum atomic E-state index is -3.94. The van der Waals surface area contributed by atoms with Crippen LogP contribution in [0.2, 0.25) is 0 Å². The molecule has 0 saturated carbocycles. The summed E-state index contributed by atoms with van der Waals surface area (Å²) in [7, 11) is -1.89. The molecule has 0 aromatic heterocycles. The van der Waals surface area contributed by atoms with Crippen molar-refractivity contribution >= 4 is 15.7 Å². The summed E-state index contributed by atoms with van der Waals surface area (Å²) < 4.78 is 42.3. The van der Waals surface area contributed by atoms with Crippen LogP contribution in [0.3, 0.4) is 0 Å². The third-order valence-electron chi connectivity index (χ3n) is 5.27. The van der Waals surface area contributed by atoms with Gasteiger partial charge in [0.2, 0.25) is 0 Å². The van der Waals surface area contributed by atoms with E-state index in [0.717, 1.165) is 30.6 Å². The van der Waals surface area contributed by atoms with Gasteiger partial charge < -0.3 is 4.90 Å². The van der Waals surface area contributed by atoms with E-state index in [1.54, 1.807) is 6.07 Å². The highest BCUT2D eigenvalue weighted by atomic mass is 32.2. The van der Waals surface area contributed by atoms with Crippen molar-refractivity contribution in [3.8, 4) is 0 Å². The third kappa shape index (κ3) is 2.55. The first-order valence-corrected chi connectivity index (χ1v) is 9.91. The molecule has 4 rings (SSSR count). The van der Waals surface area contributed by atoms with E-state index >= 15 is 0 Å². The average molecular weight is 360 g/mol. The Hall–Kier alpha value is -1.92. The van der Waals surface area contributed by atoms with E-state index in [9.17, 15) is 12.8 Å². The molecular formula is C19H21FN2O2S. The van der Waals surface area contributed by atoms with Crippen LogP contribution in [-0.4, -0.2) is 39.5 Å². The van der Waals surface area contributed by atoms with Gasteiger partial charge in [-0.3, -0.25) is 4.31 Å². The SMILES string of the molecule is Cc1ccc2c(c1)C1CN(C)CCC1N2S(=O)(=O)c1ccccc1F. The van der Waals surface area contributed by atoms with Crippen molar-refractivity contribution in [1.82, 2.24) is 4.90 Å². The van der Waals surface area contributed by atoms with Gasteiger partial charge in [-0.2, -0.15) is 0 Å². The van der Waals surface area contributed by atoms with E-state index in [4.69, 9.17) is 0 Å². The molecule has 2 aliphatic heterocycles. The Balaban J connectivity index is 1.89. The fourth-order valence-electron chi connectivity index (χ4n) is 4.11. The van der Waals surface area contributed by atoms with E-state index in [0.29, 0.717) is 5.69 Å². The number of hydrogen-bond donors (Lipinski definition) is 0. The van der Waals surface area contributed by atoms with Gasteiger partial charge in [-0.05, 0) is 50.7 Å². The molecule has 132 valence electrons. The number of aryl methyl sites for hydroxylation is 1. The molecule has 0 spiro atoms. The number of benzene rings is 2. The normalized spacial score (nSPS) is 23.4. The third-order valence-corrected chi connectivity index (χ3v) is 7.15. The topological polar surface area (TPSA) is 40.6 Å². The summed E-state index contributed by atoms with van der Waals surface area (Å²) in [5.41, 5.74) is 2.85. The first-order chi connectivity index (χ1) is 11.9. The van der Waals surface area contributed by atoms with E-state index in [-0.39, 0.29) is 16.9 Å². The first-order valence-electron chi connectivity index (χ1n) is 8.47. The molecule has 0 amide bonds. The fourth-order valence-corrected chi connectivity index (χ4v) is 5.92. The Labute approximate surface area is 147 Å². The van der Waals surface area contributed by atoms with Crippen LogP contribution in [-0.2, 0) is 10.0 Å². The molecule has 4 nitrogen and oxygen atoms in total. The molecule has 25 heavy (non-hydrogen) atoms. The number of piperidine rings is 1. The molecule has 1 fully saturated rings. The number of nitrogens with zero attached hydrogens (tertiary/aromatic N) is 2. The van der Waals surface area contributed by atoms with Crippen molar-refractivity contribution < 1.29 is 12.8 Å². The maximum atomic E-state index is 14.3. The summed E-state index contributed by atoms with van der Waals surface area (Å²) in [6.45, 7) is 3.65. The van der Waals surface area contributed by atoms with Crippen molar-refractivity contribution in [2.45, 2.75) is 30.2 Å². The van der Waals surface area contributed by atoms with Crippen LogP contribution in [0.25, 0.3) is 0 Å². The van der Waals surface area contributed by atoms with Crippen LogP contribution in [0.15, 0.2) is 47.4 Å². The molecule has 2 aromatic rings. The van der Waals surface area contributed by atoms with Crippen molar-refractivity contribution in [2.24, 2.45) is 0 Å². The van der Waals surface area contributed by atoms with Crippen molar-refractivity contribution in [1.29, 1.82) is 0 Å². The molecule has 1 saturated heterocycles. The first kappa shape index (κ1) is 16.5. The predicted octanol–water partition coefficient (Wildman–Crippen LogP) is 3.13. The van der Waals surface area contributed by atoms with Crippen LogP contribution >= 0.6 is 0 Å². The number of hydrogen-bond acceptors (Lipinski definition) is 3. The van der Waals surface area contributed by atoms with Gasteiger partial charge in [0.05, 0.1) is 11.7 Å². The molecule has 2 unspecified atom stereocenters. The minimum Gasteiger partial charge on any atom is -0.306 e. The van der Waals surface area contributed by atoms with Crippen molar-refractivity contribution in [3.63, 3.8) is 0 Å². The van der Waals surface area contributed by atoms with E-state index in [1.807, 2.05) is 19.1 Å². The zero-order chi connectivity index (χ0) is 17.8. The second kappa shape index (κ2) is 5.81. The summed E-state index contributed by atoms with van der Waals surface area (Å²) in [5.74, 6) is -0.581. The molecule has 6 heteroatoms. The highest BCUT2D eigenvalue weighted by molar-refractivity contribution is 7.92. The number of halogens is 1. The number of likely N-dealkylation sites (tertiary alicyclic amines) is 1. The van der Waals surface area contributed by atoms with Crippen LogP contribution in [0.1, 0.15) is 23.5 Å². The van der Waals surface area contributed by atoms with Crippen LogP contribution in [0.4, 0.5) is 10.1 Å². The maximum Gasteiger partial charge on any atom is 0.267 e. The number of likely N-dealkylation sites (N-methyl/N-ethyl adjacent to an activating group) is 1. The molecule has 0 N–H and O–H groups in total. The second-order valence-electron chi connectivity index (χ2n) is 7.02. The standard InChI is InChI=1S/C19H21FN2O2S/c1-13-7-8-17-14(11-13)15-12-21(2)10-9-18(15)22(17)25(23,24)19-6-4-3-5-16(19)20/h3-8,11,15,18H,9-10,12H2,1-2H3. The van der Waals surface area contributed by atoms with Crippen LogP contribution < -0.4 is 4.31 Å². The smallest absolute Gasteiger partial charge is 0.267 e. The monoisotopic (exact) mass is 360 g/mol. The summed E-state index contributed by atoms with van der Waals surface area (Å²) in [6.07, 6.45) is 0.739. The van der Waals surface area contributed by atoms with Gasteiger partial charge >= 0.3 is 0 Å². The lowest BCUT2D eigenvalue weighted by molar-refractivity contribution is 0.237. The lowest BCUT2D eigenvalue weighted by Crippen LogP contribution is -2.47. The van der Waals surface area contributed by atoms with Gasteiger partial charge in [0.15, 0.2) is 0 Å². The van der Waals surface area contributed by atoms with Gasteiger partial charge in [0.1, 0.15) is 10.7 Å². The summed E-state index contributed by atoms with van der Waals surface area (Å²) in [5, 5.41) is 0. The van der Waals surface area contributed by atoms with Gasteiger partial charge in [-0.15, -0.1) is 0 Å². The zero-order valence-corrected chi connectivity index (χ0v) is 15.1. The Bertz CT molecular complexity index is 929. The predicted molar refractivity (Wildman–Crippen MR) is 95.9 cm³/mol. The fraction of sp³-hybridized carbons (Fsp3) is 0.368. The zero-order valence-electron chi connectivity index (χ0n) is 14.3. The Kier molecular flexibility index (Phi) is 3.85. The van der Waals surface area contributed by atoms with Gasteiger partial charge in [0, 0.05) is 12.5 Å². The van der Waals surface area contributed by atoms with Crippen LogP contribution in [0, 0.1) is 12.7 Å². The van der Waals surface area contributed by atoms with Gasteiger partial charge in [0.25, 0.3) is 10.0 Å². The molecule has 2 heterocycles. The highest BCUT2D eigenvalue weighted by Gasteiger charge is 2.47. The molecule has 2 atom stereocenters. The Morgan fingerprint density at radius 1 is 1.16 bits per heavy atom. The average Bonchev–Trinajstić information content (AvgIpc) is 2.89. The molecular weight excluding hydrogens is 339 g/mol. The minimum absolute atomic E-state index is 0.121. The summed E-state index contributed by atoms with van der Waals surface area (Å²) >= 11 is 0. The van der Waals surface area contributed by atoms with E-state index in [2.05, 4.69) is 18.0 Å². The van der Waals surface area contributed by atoms with Crippen LogP contribution in [0.5, 0.6) is 0 Å². The Morgan fingerprint density at radius 3 is 2.68 bits per heavy atom. The van der Waals surface area contributed by atoms with Crippen molar-refractivity contribution in [2.75, 3.05) is 24.4 Å². The highest BCUT2D eigenvalue weighted by Crippen LogP contribution is 2.47. The second-order valence-corrected chi connectivity index (χ2v) is 8.80. The van der Waals surface area contributed by atoms with E-state index in [1.165, 1.54) is 22.5 Å².